The zero-order valence-corrected chi connectivity index (χ0v) is 16.3. The number of urea groups is 1. The first-order chi connectivity index (χ1) is 11.9. The summed E-state index contributed by atoms with van der Waals surface area (Å²) in [6.45, 7) is 4.33. The number of hydrogen-bond donors (Lipinski definition) is 1. The number of nitrogens with one attached hydrogen (secondary N) is 1. The number of carbonyl (C=O) groups is 2. The first-order valence-electron chi connectivity index (χ1n) is 9.85. The van der Waals surface area contributed by atoms with Gasteiger partial charge >= 0.3 is 12.1 Å². The fourth-order valence-corrected chi connectivity index (χ4v) is 4.32. The van der Waals surface area contributed by atoms with Gasteiger partial charge in [-0.2, -0.15) is 0 Å². The van der Waals surface area contributed by atoms with Gasteiger partial charge in [0.15, 0.2) is 0 Å². The molecule has 0 radical (unpaired) electrons. The minimum absolute atomic E-state index is 0.0533. The Morgan fingerprint density at radius 1 is 1.08 bits per heavy atom. The standard InChI is InChI=1S/C19H35N3O3/c1-5-25-19(24)22(4)17-11-10-15(13-17)12-14(2)20-18(23)21(3)16-8-6-7-9-16/h14-17H,5-13H2,1-4H3,(H,20,23). The molecule has 3 unspecified atom stereocenters. The summed E-state index contributed by atoms with van der Waals surface area (Å²) < 4.78 is 5.08. The molecule has 0 spiro atoms. The van der Waals surface area contributed by atoms with Gasteiger partial charge in [0.05, 0.1) is 6.61 Å². The van der Waals surface area contributed by atoms with Gasteiger partial charge in [0.25, 0.3) is 0 Å². The molecule has 0 aromatic carbocycles. The van der Waals surface area contributed by atoms with Gasteiger partial charge in [0.2, 0.25) is 0 Å². The molecule has 2 aliphatic carbocycles. The Kier molecular flexibility index (Phi) is 7.38. The van der Waals surface area contributed by atoms with Gasteiger partial charge in [-0.3, -0.25) is 0 Å². The molecule has 0 aromatic heterocycles. The van der Waals surface area contributed by atoms with Crippen LogP contribution in [0.2, 0.25) is 0 Å². The molecule has 0 saturated heterocycles. The van der Waals surface area contributed by atoms with E-state index in [2.05, 4.69) is 12.2 Å². The fourth-order valence-electron chi connectivity index (χ4n) is 4.32. The minimum atomic E-state index is -0.229. The van der Waals surface area contributed by atoms with Crippen LogP contribution in [0, 0.1) is 5.92 Å². The molecule has 3 amide bonds. The molecular weight excluding hydrogens is 318 g/mol. The van der Waals surface area contributed by atoms with Gasteiger partial charge in [0, 0.05) is 32.2 Å². The topological polar surface area (TPSA) is 61.9 Å². The number of rotatable bonds is 6. The highest BCUT2D eigenvalue weighted by atomic mass is 16.6. The Morgan fingerprint density at radius 3 is 2.40 bits per heavy atom. The van der Waals surface area contributed by atoms with Crippen LogP contribution in [0.1, 0.15) is 65.2 Å². The van der Waals surface area contributed by atoms with Crippen molar-refractivity contribution in [2.24, 2.45) is 5.92 Å². The van der Waals surface area contributed by atoms with Crippen molar-refractivity contribution < 1.29 is 14.3 Å². The summed E-state index contributed by atoms with van der Waals surface area (Å²) in [6, 6.07) is 0.875. The zero-order valence-electron chi connectivity index (χ0n) is 16.3. The quantitative estimate of drug-likeness (QED) is 0.793. The van der Waals surface area contributed by atoms with E-state index in [-0.39, 0.29) is 24.2 Å². The molecule has 0 bridgehead atoms. The Bertz CT molecular complexity index is 451. The Hall–Kier alpha value is -1.46. The zero-order chi connectivity index (χ0) is 18.4. The molecule has 1 N–H and O–H groups in total. The maximum Gasteiger partial charge on any atom is 0.409 e. The van der Waals surface area contributed by atoms with Crippen molar-refractivity contribution in [2.45, 2.75) is 83.3 Å². The largest absolute Gasteiger partial charge is 0.450 e. The first kappa shape index (κ1) is 19.9. The molecule has 0 aromatic rings. The molecular formula is C19H35N3O3. The smallest absolute Gasteiger partial charge is 0.409 e. The van der Waals surface area contributed by atoms with Crippen LogP contribution in [-0.4, -0.2) is 60.8 Å². The predicted molar refractivity (Wildman–Crippen MR) is 98.5 cm³/mol. The number of ether oxygens (including phenoxy) is 1. The third kappa shape index (κ3) is 5.51. The highest BCUT2D eigenvalue weighted by Crippen LogP contribution is 2.32. The SMILES string of the molecule is CCOC(=O)N(C)C1CCC(CC(C)NC(=O)N(C)C2CCCC2)C1. The highest BCUT2D eigenvalue weighted by Gasteiger charge is 2.32. The van der Waals surface area contributed by atoms with Gasteiger partial charge in [-0.05, 0) is 58.3 Å². The summed E-state index contributed by atoms with van der Waals surface area (Å²) in [6.07, 6.45) is 8.57. The van der Waals surface area contributed by atoms with Crippen molar-refractivity contribution in [1.82, 2.24) is 15.1 Å². The summed E-state index contributed by atoms with van der Waals surface area (Å²) in [7, 11) is 3.74. The Labute approximate surface area is 152 Å². The lowest BCUT2D eigenvalue weighted by Crippen LogP contribution is -2.46. The van der Waals surface area contributed by atoms with Crippen LogP contribution < -0.4 is 5.32 Å². The van der Waals surface area contributed by atoms with Crippen LogP contribution in [0.5, 0.6) is 0 Å². The molecule has 0 aliphatic heterocycles. The van der Waals surface area contributed by atoms with Gasteiger partial charge in [-0.1, -0.05) is 12.8 Å². The second kappa shape index (κ2) is 9.30. The van der Waals surface area contributed by atoms with E-state index in [1.807, 2.05) is 25.9 Å². The molecule has 25 heavy (non-hydrogen) atoms. The van der Waals surface area contributed by atoms with Crippen molar-refractivity contribution >= 4 is 12.1 Å². The maximum absolute atomic E-state index is 12.4. The van der Waals surface area contributed by atoms with Crippen LogP contribution in [0.4, 0.5) is 9.59 Å². The molecule has 0 heterocycles. The molecule has 2 aliphatic rings. The van der Waals surface area contributed by atoms with Gasteiger partial charge in [-0.25, -0.2) is 9.59 Å². The molecule has 144 valence electrons. The number of hydrogen-bond acceptors (Lipinski definition) is 3. The summed E-state index contributed by atoms with van der Waals surface area (Å²) in [5, 5.41) is 3.15. The van der Waals surface area contributed by atoms with E-state index >= 15 is 0 Å². The van der Waals surface area contributed by atoms with Crippen LogP contribution in [0.15, 0.2) is 0 Å². The molecule has 6 heteroatoms. The molecule has 2 fully saturated rings. The average molecular weight is 354 g/mol. The summed E-state index contributed by atoms with van der Waals surface area (Å²) >= 11 is 0. The first-order valence-corrected chi connectivity index (χ1v) is 9.85. The lowest BCUT2D eigenvalue weighted by atomic mass is 9.99. The molecule has 6 nitrogen and oxygen atoms in total. The van der Waals surface area contributed by atoms with Crippen molar-refractivity contribution in [1.29, 1.82) is 0 Å². The predicted octanol–water partition coefficient (Wildman–Crippen LogP) is 3.61. The van der Waals surface area contributed by atoms with Crippen molar-refractivity contribution in [3.8, 4) is 0 Å². The van der Waals surface area contributed by atoms with Gasteiger partial charge in [0.1, 0.15) is 0 Å². The van der Waals surface area contributed by atoms with E-state index in [1.165, 1.54) is 12.8 Å². The van der Waals surface area contributed by atoms with Crippen LogP contribution in [0.25, 0.3) is 0 Å². The Balaban J connectivity index is 1.73. The second-order valence-electron chi connectivity index (χ2n) is 7.78. The van der Waals surface area contributed by atoms with E-state index in [9.17, 15) is 9.59 Å². The average Bonchev–Trinajstić information content (AvgIpc) is 3.25. The fraction of sp³-hybridized carbons (Fsp3) is 0.895. The van der Waals surface area contributed by atoms with E-state index in [1.54, 1.807) is 4.90 Å². The van der Waals surface area contributed by atoms with Crippen molar-refractivity contribution in [2.75, 3.05) is 20.7 Å². The summed E-state index contributed by atoms with van der Waals surface area (Å²) in [5.74, 6) is 0.550. The van der Waals surface area contributed by atoms with E-state index < -0.39 is 0 Å². The minimum Gasteiger partial charge on any atom is -0.450 e. The van der Waals surface area contributed by atoms with Crippen LogP contribution >= 0.6 is 0 Å². The maximum atomic E-state index is 12.4. The van der Waals surface area contributed by atoms with E-state index in [0.717, 1.165) is 38.5 Å². The number of amides is 3. The summed E-state index contributed by atoms with van der Waals surface area (Å²) in [4.78, 5) is 27.9. The lowest BCUT2D eigenvalue weighted by Gasteiger charge is -2.27. The van der Waals surface area contributed by atoms with E-state index in [4.69, 9.17) is 4.74 Å². The third-order valence-electron chi connectivity index (χ3n) is 5.87. The molecule has 2 rings (SSSR count). The number of nitrogens with zero attached hydrogens (tertiary/aromatic N) is 2. The number of carbonyl (C=O) groups excluding carboxylic acids is 2. The normalized spacial score (nSPS) is 24.8. The second-order valence-corrected chi connectivity index (χ2v) is 7.78. The van der Waals surface area contributed by atoms with Crippen molar-refractivity contribution in [3.63, 3.8) is 0 Å². The van der Waals surface area contributed by atoms with Crippen molar-refractivity contribution in [3.05, 3.63) is 0 Å². The van der Waals surface area contributed by atoms with Crippen LogP contribution in [0.3, 0.4) is 0 Å². The molecule has 3 atom stereocenters. The summed E-state index contributed by atoms with van der Waals surface area (Å²) in [5.41, 5.74) is 0. The lowest BCUT2D eigenvalue weighted by molar-refractivity contribution is 0.101. The van der Waals surface area contributed by atoms with Gasteiger partial charge in [-0.15, -0.1) is 0 Å². The Morgan fingerprint density at radius 2 is 1.76 bits per heavy atom. The van der Waals surface area contributed by atoms with Crippen LogP contribution in [-0.2, 0) is 4.74 Å². The van der Waals surface area contributed by atoms with E-state index in [0.29, 0.717) is 18.6 Å². The monoisotopic (exact) mass is 353 g/mol. The highest BCUT2D eigenvalue weighted by molar-refractivity contribution is 5.74. The van der Waals surface area contributed by atoms with Gasteiger partial charge < -0.3 is 19.9 Å². The molecule has 2 saturated carbocycles. The third-order valence-corrected chi connectivity index (χ3v) is 5.87.